The summed E-state index contributed by atoms with van der Waals surface area (Å²) in [6.07, 6.45) is 0.453. The molecule has 1 rings (SSSR count). The summed E-state index contributed by atoms with van der Waals surface area (Å²) in [6.45, 7) is 1.83. The Bertz CT molecular complexity index is 292. The highest BCUT2D eigenvalue weighted by Crippen LogP contribution is 2.25. The Kier molecular flexibility index (Phi) is 4.14. The number of rotatable bonds is 4. The Morgan fingerprint density at radius 1 is 1.67 bits per heavy atom. The molecule has 0 radical (unpaired) electrons. The van der Waals surface area contributed by atoms with Gasteiger partial charge in [-0.2, -0.15) is 0 Å². The Morgan fingerprint density at radius 3 is 2.80 bits per heavy atom. The molecule has 0 aromatic rings. The molecule has 84 valence electrons. The zero-order valence-electron chi connectivity index (χ0n) is 8.61. The number of carbonyl (C=O) groups excluding carboxylic acids is 3. The molecule has 0 aliphatic carbocycles. The molecule has 2 atom stereocenters. The second-order valence-corrected chi connectivity index (χ2v) is 4.98. The van der Waals surface area contributed by atoms with Crippen molar-refractivity contribution in [3.05, 3.63) is 0 Å². The van der Waals surface area contributed by atoms with Crippen molar-refractivity contribution in [3.8, 4) is 0 Å². The van der Waals surface area contributed by atoms with Crippen molar-refractivity contribution in [1.82, 2.24) is 5.32 Å². The van der Waals surface area contributed by atoms with Crippen molar-refractivity contribution in [2.24, 2.45) is 0 Å². The SMILES string of the molecule is COC(=O)CC(C)SC1CC(=O)NC1=O. The van der Waals surface area contributed by atoms with Crippen molar-refractivity contribution in [2.45, 2.75) is 30.3 Å². The first kappa shape index (κ1) is 12.0. The van der Waals surface area contributed by atoms with Gasteiger partial charge in [0.05, 0.1) is 18.8 Å². The fourth-order valence-electron chi connectivity index (χ4n) is 1.29. The molecule has 0 aromatic heterocycles. The van der Waals surface area contributed by atoms with Crippen LogP contribution in [0.4, 0.5) is 0 Å². The van der Waals surface area contributed by atoms with E-state index in [1.165, 1.54) is 18.9 Å². The van der Waals surface area contributed by atoms with Crippen LogP contribution in [0.1, 0.15) is 19.8 Å². The number of ether oxygens (including phenoxy) is 1. The fraction of sp³-hybridized carbons (Fsp3) is 0.667. The molecule has 1 saturated heterocycles. The number of nitrogens with one attached hydrogen (secondary N) is 1. The van der Waals surface area contributed by atoms with Crippen LogP contribution in [0.2, 0.25) is 0 Å². The molecular formula is C9H13NO4S. The molecule has 1 heterocycles. The van der Waals surface area contributed by atoms with E-state index in [1.54, 1.807) is 0 Å². The highest BCUT2D eigenvalue weighted by Gasteiger charge is 2.32. The number of hydrogen-bond donors (Lipinski definition) is 1. The van der Waals surface area contributed by atoms with Crippen molar-refractivity contribution < 1.29 is 19.1 Å². The Morgan fingerprint density at radius 2 is 2.33 bits per heavy atom. The van der Waals surface area contributed by atoms with Crippen LogP contribution in [0.25, 0.3) is 0 Å². The maximum absolute atomic E-state index is 11.2. The molecule has 0 spiro atoms. The van der Waals surface area contributed by atoms with E-state index in [1.807, 2.05) is 6.92 Å². The van der Waals surface area contributed by atoms with Gasteiger partial charge in [0.25, 0.3) is 0 Å². The average molecular weight is 231 g/mol. The van der Waals surface area contributed by atoms with Crippen molar-refractivity contribution in [2.75, 3.05) is 7.11 Å². The van der Waals surface area contributed by atoms with Crippen LogP contribution in [0, 0.1) is 0 Å². The second-order valence-electron chi connectivity index (χ2n) is 3.33. The number of thioether (sulfide) groups is 1. The van der Waals surface area contributed by atoms with Gasteiger partial charge in [-0.1, -0.05) is 6.92 Å². The van der Waals surface area contributed by atoms with Gasteiger partial charge in [-0.05, 0) is 0 Å². The minimum absolute atomic E-state index is 0.0286. The van der Waals surface area contributed by atoms with Crippen molar-refractivity contribution in [3.63, 3.8) is 0 Å². The molecule has 2 unspecified atom stereocenters. The van der Waals surface area contributed by atoms with Crippen molar-refractivity contribution >= 4 is 29.5 Å². The van der Waals surface area contributed by atoms with Gasteiger partial charge in [0.2, 0.25) is 11.8 Å². The van der Waals surface area contributed by atoms with Gasteiger partial charge in [-0.25, -0.2) is 0 Å². The van der Waals surface area contributed by atoms with Gasteiger partial charge < -0.3 is 4.74 Å². The van der Waals surface area contributed by atoms with Crippen LogP contribution in [0.5, 0.6) is 0 Å². The third kappa shape index (κ3) is 3.54. The molecule has 15 heavy (non-hydrogen) atoms. The van der Waals surface area contributed by atoms with Gasteiger partial charge >= 0.3 is 5.97 Å². The smallest absolute Gasteiger partial charge is 0.306 e. The summed E-state index contributed by atoms with van der Waals surface area (Å²) in [5.74, 6) is -0.816. The minimum Gasteiger partial charge on any atom is -0.469 e. The largest absolute Gasteiger partial charge is 0.469 e. The summed E-state index contributed by atoms with van der Waals surface area (Å²) in [5.41, 5.74) is 0. The van der Waals surface area contributed by atoms with Crippen LogP contribution in [0.15, 0.2) is 0 Å². The van der Waals surface area contributed by atoms with E-state index < -0.39 is 0 Å². The quantitative estimate of drug-likeness (QED) is 0.548. The predicted molar refractivity (Wildman–Crippen MR) is 55.2 cm³/mol. The molecule has 1 aliphatic rings. The lowest BCUT2D eigenvalue weighted by Gasteiger charge is -2.12. The summed E-state index contributed by atoms with van der Waals surface area (Å²) in [4.78, 5) is 33.0. The summed E-state index contributed by atoms with van der Waals surface area (Å²) in [7, 11) is 1.32. The standard InChI is InChI=1S/C9H13NO4S/c1-5(3-8(12)14-2)15-6-4-7(11)10-9(6)13/h5-6H,3-4H2,1-2H3,(H,10,11,13). The monoisotopic (exact) mass is 231 g/mol. The first-order chi connectivity index (χ1) is 7.02. The summed E-state index contributed by atoms with van der Waals surface area (Å²) in [5, 5.41) is 1.83. The Balaban J connectivity index is 2.38. The van der Waals surface area contributed by atoms with Crippen LogP contribution in [0.3, 0.4) is 0 Å². The average Bonchev–Trinajstić information content (AvgIpc) is 2.44. The first-order valence-electron chi connectivity index (χ1n) is 4.59. The van der Waals surface area contributed by atoms with E-state index in [2.05, 4.69) is 10.1 Å². The number of imide groups is 1. The highest BCUT2D eigenvalue weighted by molar-refractivity contribution is 8.01. The molecule has 5 nitrogen and oxygen atoms in total. The normalized spacial score (nSPS) is 22.4. The van der Waals surface area contributed by atoms with Gasteiger partial charge in [0.1, 0.15) is 0 Å². The number of esters is 1. The van der Waals surface area contributed by atoms with Gasteiger partial charge in [0.15, 0.2) is 0 Å². The van der Waals surface area contributed by atoms with E-state index in [0.29, 0.717) is 0 Å². The lowest BCUT2D eigenvalue weighted by atomic mass is 10.3. The predicted octanol–water partition coefficient (Wildman–Crippen LogP) is 0.0863. The third-order valence-electron chi connectivity index (χ3n) is 2.00. The first-order valence-corrected chi connectivity index (χ1v) is 5.53. The van der Waals surface area contributed by atoms with E-state index in [0.717, 1.165) is 0 Å². The van der Waals surface area contributed by atoms with Crippen molar-refractivity contribution in [1.29, 1.82) is 0 Å². The number of hydrogen-bond acceptors (Lipinski definition) is 5. The fourth-order valence-corrected chi connectivity index (χ4v) is 2.51. The molecule has 0 saturated carbocycles. The number of carbonyl (C=O) groups is 3. The molecule has 6 heteroatoms. The van der Waals surface area contributed by atoms with Gasteiger partial charge in [0, 0.05) is 11.7 Å². The third-order valence-corrected chi connectivity index (χ3v) is 3.34. The molecule has 2 amide bonds. The topological polar surface area (TPSA) is 72.5 Å². The zero-order valence-corrected chi connectivity index (χ0v) is 9.43. The highest BCUT2D eigenvalue weighted by atomic mass is 32.2. The molecule has 0 bridgehead atoms. The summed E-state index contributed by atoms with van der Waals surface area (Å²) < 4.78 is 4.51. The second kappa shape index (κ2) is 5.16. The van der Waals surface area contributed by atoms with E-state index in [-0.39, 0.29) is 41.1 Å². The number of methoxy groups -OCH3 is 1. The minimum atomic E-state index is -0.364. The van der Waals surface area contributed by atoms with E-state index in [9.17, 15) is 14.4 Å². The molecular weight excluding hydrogens is 218 g/mol. The Labute approximate surface area is 91.9 Å². The lowest BCUT2D eigenvalue weighted by molar-refractivity contribution is -0.140. The van der Waals surface area contributed by atoms with Gasteiger partial charge in [-0.3, -0.25) is 19.7 Å². The van der Waals surface area contributed by atoms with Crippen LogP contribution in [-0.2, 0) is 19.1 Å². The van der Waals surface area contributed by atoms with Crippen LogP contribution in [-0.4, -0.2) is 35.4 Å². The number of amides is 2. The Hall–Kier alpha value is -1.04. The summed E-state index contributed by atoms with van der Waals surface area (Å²) in [6, 6.07) is 0. The maximum atomic E-state index is 11.2. The van der Waals surface area contributed by atoms with Crippen LogP contribution < -0.4 is 5.32 Å². The molecule has 0 aromatic carbocycles. The molecule has 1 aliphatic heterocycles. The zero-order chi connectivity index (χ0) is 11.4. The molecule has 1 fully saturated rings. The molecule has 1 N–H and O–H groups in total. The summed E-state index contributed by atoms with van der Waals surface area (Å²) >= 11 is 1.33. The van der Waals surface area contributed by atoms with Gasteiger partial charge in [-0.15, -0.1) is 11.8 Å². The van der Waals surface area contributed by atoms with E-state index in [4.69, 9.17) is 0 Å². The van der Waals surface area contributed by atoms with Crippen LogP contribution >= 0.6 is 11.8 Å². The lowest BCUT2D eigenvalue weighted by Crippen LogP contribution is -2.24. The maximum Gasteiger partial charge on any atom is 0.306 e. The van der Waals surface area contributed by atoms with E-state index >= 15 is 0 Å².